The Balaban J connectivity index is 2.03. The number of halogens is 1. The fraction of sp³-hybridized carbons (Fsp3) is 0.105. The number of carbonyl (C=O) groups is 3. The fourth-order valence-corrected chi connectivity index (χ4v) is 3.13. The van der Waals surface area contributed by atoms with Crippen LogP contribution >= 0.6 is 11.6 Å². The second kappa shape index (κ2) is 7.24. The van der Waals surface area contributed by atoms with Gasteiger partial charge in [-0.05, 0) is 29.8 Å². The number of hydrogen-bond donors (Lipinski definition) is 5. The number of hydrogen-bond acceptors (Lipinski definition) is 7. The summed E-state index contributed by atoms with van der Waals surface area (Å²) in [6.45, 7) is 0. The highest BCUT2D eigenvalue weighted by atomic mass is 35.5. The van der Waals surface area contributed by atoms with Gasteiger partial charge >= 0.3 is 0 Å². The second-order valence-electron chi connectivity index (χ2n) is 6.17. The van der Waals surface area contributed by atoms with Crippen molar-refractivity contribution in [1.29, 1.82) is 0 Å². The van der Waals surface area contributed by atoms with Crippen LogP contribution in [0.1, 0.15) is 26.3 Å². The Kier molecular flexibility index (Phi) is 4.98. The summed E-state index contributed by atoms with van der Waals surface area (Å²) >= 11 is 6.08. The smallest absolute Gasteiger partial charge is 0.240 e. The van der Waals surface area contributed by atoms with E-state index in [1.807, 2.05) is 0 Å². The van der Waals surface area contributed by atoms with Gasteiger partial charge in [-0.2, -0.15) is 0 Å². The van der Waals surface area contributed by atoms with Crippen molar-refractivity contribution in [3.63, 3.8) is 0 Å². The molecule has 1 aliphatic carbocycles. The monoisotopic (exact) mass is 402 g/mol. The van der Waals surface area contributed by atoms with Gasteiger partial charge < -0.3 is 26.4 Å². The van der Waals surface area contributed by atoms with Gasteiger partial charge in [-0.25, -0.2) is 0 Å². The third-order valence-corrected chi connectivity index (χ3v) is 4.67. The van der Waals surface area contributed by atoms with Crippen molar-refractivity contribution >= 4 is 34.8 Å². The zero-order valence-electron chi connectivity index (χ0n) is 14.3. The molecule has 0 radical (unpaired) electrons. The van der Waals surface area contributed by atoms with E-state index >= 15 is 0 Å². The summed E-state index contributed by atoms with van der Waals surface area (Å²) in [6.07, 6.45) is 1.99. The number of rotatable bonds is 5. The van der Waals surface area contributed by atoms with Crippen molar-refractivity contribution in [2.45, 2.75) is 12.5 Å². The molecular weight excluding hydrogens is 388 g/mol. The molecule has 0 fully saturated rings. The number of allylic oxidation sites excluding steroid dienone is 2. The van der Waals surface area contributed by atoms with Gasteiger partial charge in [-0.1, -0.05) is 23.7 Å². The van der Waals surface area contributed by atoms with Crippen molar-refractivity contribution in [3.8, 4) is 17.2 Å². The zero-order valence-corrected chi connectivity index (χ0v) is 15.0. The highest BCUT2D eigenvalue weighted by Gasteiger charge is 2.32. The lowest BCUT2D eigenvalue weighted by atomic mass is 9.92. The van der Waals surface area contributed by atoms with Gasteiger partial charge in [0.25, 0.3) is 0 Å². The second-order valence-corrected chi connectivity index (χ2v) is 6.55. The minimum Gasteiger partial charge on any atom is -0.508 e. The number of aromatic hydroxyl groups is 3. The molecule has 1 amide bonds. The standard InChI is InChI=1S/C19H15ClN2O6/c20-15-16(18(27)14-12(25)6-5-11(24)13(14)17(15)26)22-10(19(21)28)7-8-1-3-9(23)4-2-8/h1-6,10,22-23,26-27H,7H2,(H2,21,28). The summed E-state index contributed by atoms with van der Waals surface area (Å²) in [4.78, 5) is 36.0. The van der Waals surface area contributed by atoms with E-state index in [2.05, 4.69) is 5.32 Å². The molecule has 1 aliphatic rings. The summed E-state index contributed by atoms with van der Waals surface area (Å²) < 4.78 is 0. The van der Waals surface area contributed by atoms with E-state index in [0.717, 1.165) is 12.2 Å². The summed E-state index contributed by atoms with van der Waals surface area (Å²) in [5.41, 5.74) is 4.94. The summed E-state index contributed by atoms with van der Waals surface area (Å²) in [5, 5.41) is 32.3. The van der Waals surface area contributed by atoms with Gasteiger partial charge in [0.15, 0.2) is 17.3 Å². The lowest BCUT2D eigenvalue weighted by molar-refractivity contribution is -0.118. The number of fused-ring (bicyclic) bond motifs is 1. The lowest BCUT2D eigenvalue weighted by Gasteiger charge is -2.22. The number of primary amides is 1. The highest BCUT2D eigenvalue weighted by molar-refractivity contribution is 6.37. The summed E-state index contributed by atoms with van der Waals surface area (Å²) in [6, 6.07) is 4.94. The van der Waals surface area contributed by atoms with Crippen molar-refractivity contribution in [1.82, 2.24) is 0 Å². The Morgan fingerprint density at radius 2 is 1.54 bits per heavy atom. The molecule has 0 saturated carbocycles. The molecule has 0 aliphatic heterocycles. The van der Waals surface area contributed by atoms with Crippen LogP contribution in [0.5, 0.6) is 17.2 Å². The first kappa shape index (κ1) is 19.2. The number of ketones is 2. The molecule has 0 spiro atoms. The maximum absolute atomic E-state index is 12.1. The molecule has 8 nitrogen and oxygen atoms in total. The molecule has 2 aromatic rings. The molecule has 0 saturated heterocycles. The van der Waals surface area contributed by atoms with E-state index in [-0.39, 0.29) is 17.9 Å². The van der Waals surface area contributed by atoms with Gasteiger partial charge in [-0.3, -0.25) is 14.4 Å². The molecule has 6 N–H and O–H groups in total. The number of phenolic OH excluding ortho intramolecular Hbond substituents is 3. The van der Waals surface area contributed by atoms with Crippen molar-refractivity contribution in [2.75, 3.05) is 5.32 Å². The van der Waals surface area contributed by atoms with Gasteiger partial charge in [0.1, 0.15) is 28.3 Å². The molecule has 1 atom stereocenters. The molecule has 0 aromatic heterocycles. The summed E-state index contributed by atoms with van der Waals surface area (Å²) in [5.74, 6) is -3.49. The Bertz CT molecular complexity index is 1030. The van der Waals surface area contributed by atoms with E-state index in [1.165, 1.54) is 12.1 Å². The number of carbonyl (C=O) groups excluding carboxylic acids is 3. The molecule has 3 rings (SSSR count). The maximum atomic E-state index is 12.1. The van der Waals surface area contributed by atoms with Crippen molar-refractivity contribution < 1.29 is 29.7 Å². The Morgan fingerprint density at radius 1 is 1.00 bits per heavy atom. The Morgan fingerprint density at radius 3 is 2.07 bits per heavy atom. The average molecular weight is 403 g/mol. The molecular formula is C19H15ClN2O6. The van der Waals surface area contributed by atoms with Crippen LogP contribution in [0.4, 0.5) is 5.69 Å². The first-order valence-corrected chi connectivity index (χ1v) is 8.46. The van der Waals surface area contributed by atoms with E-state index < -0.39 is 51.2 Å². The molecule has 144 valence electrons. The van der Waals surface area contributed by atoms with Gasteiger partial charge in [-0.15, -0.1) is 0 Å². The van der Waals surface area contributed by atoms with Crippen molar-refractivity contribution in [3.05, 3.63) is 58.1 Å². The number of nitrogens with two attached hydrogens (primary N) is 1. The minimum absolute atomic E-state index is 0.0452. The number of amides is 1. The Labute approximate surface area is 163 Å². The highest BCUT2D eigenvalue weighted by Crippen LogP contribution is 2.46. The lowest BCUT2D eigenvalue weighted by Crippen LogP contribution is -2.37. The fourth-order valence-electron chi connectivity index (χ4n) is 2.89. The van der Waals surface area contributed by atoms with Crippen LogP contribution in [0, 0.1) is 0 Å². The third kappa shape index (κ3) is 3.37. The third-order valence-electron chi connectivity index (χ3n) is 4.30. The molecule has 2 aromatic carbocycles. The Hall–Kier alpha value is -3.52. The van der Waals surface area contributed by atoms with Crippen LogP contribution in [0.2, 0.25) is 5.02 Å². The first-order chi connectivity index (χ1) is 13.2. The zero-order chi connectivity index (χ0) is 20.6. The molecule has 28 heavy (non-hydrogen) atoms. The maximum Gasteiger partial charge on any atom is 0.240 e. The predicted molar refractivity (Wildman–Crippen MR) is 101 cm³/mol. The topological polar surface area (TPSA) is 150 Å². The van der Waals surface area contributed by atoms with E-state index in [4.69, 9.17) is 17.3 Å². The van der Waals surface area contributed by atoms with Crippen LogP contribution in [0.25, 0.3) is 0 Å². The quantitative estimate of drug-likeness (QED) is 0.378. The minimum atomic E-state index is -1.07. The van der Waals surface area contributed by atoms with E-state index in [9.17, 15) is 29.7 Å². The number of nitrogens with one attached hydrogen (secondary N) is 1. The number of benzene rings is 2. The number of anilines is 1. The van der Waals surface area contributed by atoms with E-state index in [1.54, 1.807) is 12.1 Å². The van der Waals surface area contributed by atoms with Crippen LogP contribution in [0.15, 0.2) is 36.4 Å². The van der Waals surface area contributed by atoms with Gasteiger partial charge in [0.05, 0.1) is 11.1 Å². The first-order valence-electron chi connectivity index (χ1n) is 8.08. The van der Waals surface area contributed by atoms with Crippen molar-refractivity contribution in [2.24, 2.45) is 5.73 Å². The molecule has 0 heterocycles. The van der Waals surface area contributed by atoms with Crippen LogP contribution in [-0.4, -0.2) is 38.8 Å². The van der Waals surface area contributed by atoms with Crippen LogP contribution in [0.3, 0.4) is 0 Å². The molecule has 0 bridgehead atoms. The van der Waals surface area contributed by atoms with Gasteiger partial charge in [0, 0.05) is 6.42 Å². The van der Waals surface area contributed by atoms with Crippen LogP contribution in [-0.2, 0) is 11.2 Å². The van der Waals surface area contributed by atoms with Gasteiger partial charge in [0.2, 0.25) is 5.91 Å². The number of phenols is 3. The normalized spacial score (nSPS) is 13.9. The predicted octanol–water partition coefficient (Wildman–Crippen LogP) is 1.90. The average Bonchev–Trinajstić information content (AvgIpc) is 2.65. The molecule has 9 heteroatoms. The van der Waals surface area contributed by atoms with Crippen LogP contribution < -0.4 is 11.1 Å². The summed E-state index contributed by atoms with van der Waals surface area (Å²) in [7, 11) is 0. The van der Waals surface area contributed by atoms with E-state index in [0.29, 0.717) is 5.56 Å². The largest absolute Gasteiger partial charge is 0.508 e. The SMILES string of the molecule is NC(=O)C(Cc1ccc(O)cc1)Nc1c(O)c2c(c(O)c1Cl)C(=O)C=CC2=O. The molecule has 1 unspecified atom stereocenters.